The summed E-state index contributed by atoms with van der Waals surface area (Å²) >= 11 is 2.07. The van der Waals surface area contributed by atoms with Crippen molar-refractivity contribution in [1.29, 1.82) is 0 Å². The zero-order valence-corrected chi connectivity index (χ0v) is 9.92. The molecule has 0 aromatic heterocycles. The first-order chi connectivity index (χ1) is 5.64. The molecule has 1 aliphatic heterocycles. The van der Waals surface area contributed by atoms with Crippen molar-refractivity contribution in [1.82, 2.24) is 5.32 Å². The highest BCUT2D eigenvalue weighted by molar-refractivity contribution is 7.99. The molecule has 0 aromatic carbocycles. The second-order valence-electron chi connectivity index (χ2n) is 3.87. The van der Waals surface area contributed by atoms with E-state index in [0.29, 0.717) is 5.41 Å². The maximum absolute atomic E-state index is 3.34. The van der Waals surface area contributed by atoms with Gasteiger partial charge < -0.3 is 5.32 Å². The van der Waals surface area contributed by atoms with Crippen molar-refractivity contribution in [3.8, 4) is 0 Å². The molecule has 1 fully saturated rings. The van der Waals surface area contributed by atoms with E-state index in [1.165, 1.54) is 17.9 Å². The molecule has 0 radical (unpaired) electrons. The molecule has 2 heteroatoms. The zero-order valence-electron chi connectivity index (χ0n) is 9.11. The van der Waals surface area contributed by atoms with Gasteiger partial charge in [-0.15, -0.1) is 0 Å². The summed E-state index contributed by atoms with van der Waals surface area (Å²) in [5, 5.41) is 3.34. The van der Waals surface area contributed by atoms with E-state index in [-0.39, 0.29) is 0 Å². The van der Waals surface area contributed by atoms with Gasteiger partial charge in [0.05, 0.1) is 0 Å². The van der Waals surface area contributed by atoms with Gasteiger partial charge in [-0.05, 0) is 24.6 Å². The fraction of sp³-hybridized carbons (Fsp3) is 1.00. The minimum atomic E-state index is 0.552. The van der Waals surface area contributed by atoms with Gasteiger partial charge in [-0.25, -0.2) is 0 Å². The lowest BCUT2D eigenvalue weighted by Crippen LogP contribution is -2.38. The first kappa shape index (κ1) is 12.3. The van der Waals surface area contributed by atoms with E-state index in [2.05, 4.69) is 38.0 Å². The predicted molar refractivity (Wildman–Crippen MR) is 59.9 cm³/mol. The van der Waals surface area contributed by atoms with Crippen molar-refractivity contribution >= 4 is 11.8 Å². The van der Waals surface area contributed by atoms with Crippen molar-refractivity contribution in [3.63, 3.8) is 0 Å². The van der Waals surface area contributed by atoms with E-state index in [0.717, 1.165) is 6.04 Å². The first-order valence-corrected chi connectivity index (χ1v) is 6.04. The van der Waals surface area contributed by atoms with Crippen LogP contribution in [0.15, 0.2) is 0 Å². The Bertz CT molecular complexity index is 112. The molecule has 74 valence electrons. The van der Waals surface area contributed by atoms with Crippen LogP contribution in [0.2, 0.25) is 0 Å². The van der Waals surface area contributed by atoms with Crippen molar-refractivity contribution in [2.75, 3.05) is 18.6 Å². The Labute approximate surface area is 81.7 Å². The second-order valence-corrected chi connectivity index (χ2v) is 4.90. The Morgan fingerprint density at radius 3 is 2.25 bits per heavy atom. The molecule has 1 unspecified atom stereocenters. The summed E-state index contributed by atoms with van der Waals surface area (Å²) in [7, 11) is 2.06. The van der Waals surface area contributed by atoms with Gasteiger partial charge in [-0.2, -0.15) is 11.8 Å². The maximum Gasteiger partial charge on any atom is 0.0160 e. The summed E-state index contributed by atoms with van der Waals surface area (Å²) < 4.78 is 0. The quantitative estimate of drug-likeness (QED) is 0.681. The Hall–Kier alpha value is 0.310. The third-order valence-corrected chi connectivity index (χ3v) is 3.64. The fourth-order valence-electron chi connectivity index (χ4n) is 1.45. The Balaban J connectivity index is 0.000000561. The highest BCUT2D eigenvalue weighted by atomic mass is 32.2. The van der Waals surface area contributed by atoms with Crippen LogP contribution in [0, 0.1) is 5.41 Å². The average Bonchev–Trinajstić information content (AvgIpc) is 2.06. The monoisotopic (exact) mass is 189 g/mol. The highest BCUT2D eigenvalue weighted by Gasteiger charge is 2.27. The molecule has 1 saturated heterocycles. The van der Waals surface area contributed by atoms with Gasteiger partial charge in [-0.1, -0.05) is 27.7 Å². The van der Waals surface area contributed by atoms with Crippen LogP contribution in [-0.4, -0.2) is 24.6 Å². The molecule has 0 amide bonds. The summed E-state index contributed by atoms with van der Waals surface area (Å²) in [6.07, 6.45) is 1.33. The fourth-order valence-corrected chi connectivity index (χ4v) is 2.81. The Morgan fingerprint density at radius 2 is 1.92 bits per heavy atom. The molecule has 0 aliphatic carbocycles. The van der Waals surface area contributed by atoms with Crippen molar-refractivity contribution < 1.29 is 0 Å². The van der Waals surface area contributed by atoms with Gasteiger partial charge in [0.15, 0.2) is 0 Å². The van der Waals surface area contributed by atoms with Crippen LogP contribution in [0.25, 0.3) is 0 Å². The summed E-state index contributed by atoms with van der Waals surface area (Å²) in [5.41, 5.74) is 0.552. The Kier molecular flexibility index (Phi) is 6.02. The minimum absolute atomic E-state index is 0.552. The molecule has 12 heavy (non-hydrogen) atoms. The lowest BCUT2D eigenvalue weighted by Gasteiger charge is -2.34. The molecule has 1 aliphatic rings. The van der Waals surface area contributed by atoms with Crippen LogP contribution < -0.4 is 5.32 Å². The van der Waals surface area contributed by atoms with Crippen molar-refractivity contribution in [2.45, 2.75) is 40.2 Å². The van der Waals surface area contributed by atoms with Crippen molar-refractivity contribution in [3.05, 3.63) is 0 Å². The van der Waals surface area contributed by atoms with E-state index in [1.54, 1.807) is 0 Å². The molecular weight excluding hydrogens is 166 g/mol. The van der Waals surface area contributed by atoms with E-state index >= 15 is 0 Å². The van der Waals surface area contributed by atoms with Gasteiger partial charge in [-0.3, -0.25) is 0 Å². The first-order valence-electron chi connectivity index (χ1n) is 4.89. The molecule has 1 rings (SSSR count). The normalized spacial score (nSPS) is 27.2. The van der Waals surface area contributed by atoms with Gasteiger partial charge in [0.1, 0.15) is 0 Å². The average molecular weight is 189 g/mol. The molecule has 0 aromatic rings. The van der Waals surface area contributed by atoms with Crippen molar-refractivity contribution in [2.24, 2.45) is 5.41 Å². The van der Waals surface area contributed by atoms with Crippen LogP contribution in [0.1, 0.15) is 34.1 Å². The van der Waals surface area contributed by atoms with E-state index in [4.69, 9.17) is 0 Å². The number of rotatable bonds is 1. The number of nitrogens with one attached hydrogen (secondary N) is 1. The number of hydrogen-bond acceptors (Lipinski definition) is 2. The molecule has 0 spiro atoms. The van der Waals surface area contributed by atoms with E-state index in [1.807, 2.05) is 13.8 Å². The standard InChI is InChI=1S/C8H17NS.C2H6/c1-8(2)4-7(9-3)5-10-6-8;1-2/h7,9H,4-6H2,1-3H3;1-2H3. The van der Waals surface area contributed by atoms with Crippen LogP contribution >= 0.6 is 11.8 Å². The summed E-state index contributed by atoms with van der Waals surface area (Å²) in [4.78, 5) is 0. The lowest BCUT2D eigenvalue weighted by atomic mass is 9.88. The van der Waals surface area contributed by atoms with E-state index in [9.17, 15) is 0 Å². The molecule has 0 bridgehead atoms. The lowest BCUT2D eigenvalue weighted by molar-refractivity contribution is 0.327. The molecule has 1 N–H and O–H groups in total. The summed E-state index contributed by atoms with van der Waals surface area (Å²) in [5.74, 6) is 2.62. The third kappa shape index (κ3) is 4.36. The zero-order chi connectivity index (χ0) is 9.61. The SMILES string of the molecule is CC.CNC1CSCC(C)(C)C1. The van der Waals surface area contributed by atoms with Crippen LogP contribution in [0.5, 0.6) is 0 Å². The largest absolute Gasteiger partial charge is 0.316 e. The van der Waals surface area contributed by atoms with Crippen LogP contribution in [0.4, 0.5) is 0 Å². The minimum Gasteiger partial charge on any atom is -0.316 e. The second kappa shape index (κ2) is 5.87. The third-order valence-electron chi connectivity index (χ3n) is 2.02. The summed E-state index contributed by atoms with van der Waals surface area (Å²) in [6, 6.07) is 0.744. The number of thioether (sulfide) groups is 1. The molecule has 1 atom stereocenters. The molecule has 1 nitrogen and oxygen atoms in total. The number of hydrogen-bond donors (Lipinski definition) is 1. The van der Waals surface area contributed by atoms with Gasteiger partial charge in [0, 0.05) is 11.8 Å². The van der Waals surface area contributed by atoms with Crippen LogP contribution in [0.3, 0.4) is 0 Å². The topological polar surface area (TPSA) is 12.0 Å². The summed E-state index contributed by atoms with van der Waals surface area (Å²) in [6.45, 7) is 8.70. The van der Waals surface area contributed by atoms with Gasteiger partial charge >= 0.3 is 0 Å². The molecule has 0 saturated carbocycles. The smallest absolute Gasteiger partial charge is 0.0160 e. The molecule has 1 heterocycles. The predicted octanol–water partition coefficient (Wildman–Crippen LogP) is 2.76. The Morgan fingerprint density at radius 1 is 1.33 bits per heavy atom. The van der Waals surface area contributed by atoms with Gasteiger partial charge in [0.2, 0.25) is 0 Å². The van der Waals surface area contributed by atoms with Gasteiger partial charge in [0.25, 0.3) is 0 Å². The highest BCUT2D eigenvalue weighted by Crippen LogP contribution is 2.33. The van der Waals surface area contributed by atoms with E-state index < -0.39 is 0 Å². The maximum atomic E-state index is 3.34. The van der Waals surface area contributed by atoms with Crippen LogP contribution in [-0.2, 0) is 0 Å². The molecular formula is C10H23NS.